The van der Waals surface area contributed by atoms with Gasteiger partial charge in [0.2, 0.25) is 5.88 Å². The van der Waals surface area contributed by atoms with Crippen LogP contribution >= 0.6 is 0 Å². The molecule has 22 heavy (non-hydrogen) atoms. The molecule has 0 aliphatic carbocycles. The average molecular weight is 292 g/mol. The fourth-order valence-corrected chi connectivity index (χ4v) is 1.97. The van der Waals surface area contributed by atoms with Crippen molar-refractivity contribution in [3.8, 4) is 22.9 Å². The summed E-state index contributed by atoms with van der Waals surface area (Å²) in [5, 5.41) is 9.05. The second-order valence-corrected chi connectivity index (χ2v) is 4.54. The van der Waals surface area contributed by atoms with Gasteiger partial charge in [0.05, 0.1) is 11.3 Å². The van der Waals surface area contributed by atoms with Gasteiger partial charge in [0.1, 0.15) is 12.1 Å². The van der Waals surface area contributed by atoms with Crippen LogP contribution in [0.15, 0.2) is 67.0 Å². The number of hydrogen-bond acceptors (Lipinski definition) is 4. The van der Waals surface area contributed by atoms with Crippen molar-refractivity contribution in [3.05, 3.63) is 72.6 Å². The maximum Gasteiger partial charge on any atom is 0.335 e. The van der Waals surface area contributed by atoms with Gasteiger partial charge >= 0.3 is 5.97 Å². The van der Waals surface area contributed by atoms with Crippen molar-refractivity contribution < 1.29 is 14.6 Å². The minimum Gasteiger partial charge on any atom is -0.478 e. The van der Waals surface area contributed by atoms with Gasteiger partial charge in [-0.25, -0.2) is 14.8 Å². The van der Waals surface area contributed by atoms with Crippen LogP contribution in [0.4, 0.5) is 0 Å². The van der Waals surface area contributed by atoms with Crippen molar-refractivity contribution in [2.24, 2.45) is 0 Å². The summed E-state index contributed by atoms with van der Waals surface area (Å²) in [7, 11) is 0. The van der Waals surface area contributed by atoms with Crippen LogP contribution in [0.2, 0.25) is 0 Å². The van der Waals surface area contributed by atoms with E-state index in [1.165, 1.54) is 12.4 Å². The largest absolute Gasteiger partial charge is 0.478 e. The van der Waals surface area contributed by atoms with Crippen LogP contribution in [-0.2, 0) is 0 Å². The maximum absolute atomic E-state index is 11.0. The van der Waals surface area contributed by atoms with E-state index >= 15 is 0 Å². The zero-order chi connectivity index (χ0) is 15.4. The predicted molar refractivity (Wildman–Crippen MR) is 80.9 cm³/mol. The molecule has 0 spiro atoms. The van der Waals surface area contributed by atoms with Crippen LogP contribution in [-0.4, -0.2) is 21.0 Å². The topological polar surface area (TPSA) is 72.3 Å². The van der Waals surface area contributed by atoms with E-state index in [0.717, 1.165) is 0 Å². The number of rotatable bonds is 4. The molecule has 5 heteroatoms. The summed E-state index contributed by atoms with van der Waals surface area (Å²) in [6.45, 7) is 0. The molecule has 0 radical (unpaired) electrons. The molecule has 2 aromatic carbocycles. The van der Waals surface area contributed by atoms with Crippen LogP contribution in [0.5, 0.6) is 11.6 Å². The van der Waals surface area contributed by atoms with Gasteiger partial charge in [-0.2, -0.15) is 0 Å². The van der Waals surface area contributed by atoms with E-state index in [0.29, 0.717) is 22.9 Å². The highest BCUT2D eigenvalue weighted by Crippen LogP contribution is 2.24. The Morgan fingerprint density at radius 1 is 0.955 bits per heavy atom. The SMILES string of the molecule is O=C(O)c1cccc(-c2cc(Oc3ccccc3)ncn2)c1. The molecule has 0 unspecified atom stereocenters. The molecule has 5 nitrogen and oxygen atoms in total. The summed E-state index contributed by atoms with van der Waals surface area (Å²) in [6.07, 6.45) is 1.39. The Labute approximate surface area is 126 Å². The number of carbonyl (C=O) groups is 1. The number of ether oxygens (including phenoxy) is 1. The van der Waals surface area contributed by atoms with Gasteiger partial charge in [0, 0.05) is 11.6 Å². The molecule has 0 amide bonds. The number of nitrogens with zero attached hydrogens (tertiary/aromatic N) is 2. The monoisotopic (exact) mass is 292 g/mol. The Bertz CT molecular complexity index is 804. The lowest BCUT2D eigenvalue weighted by atomic mass is 10.1. The van der Waals surface area contributed by atoms with Crippen molar-refractivity contribution in [2.45, 2.75) is 0 Å². The standard InChI is InChI=1S/C17H12N2O3/c20-17(21)13-6-4-5-12(9-13)15-10-16(19-11-18-15)22-14-7-2-1-3-8-14/h1-11H,(H,20,21). The Morgan fingerprint density at radius 2 is 1.77 bits per heavy atom. The number of aromatic nitrogens is 2. The maximum atomic E-state index is 11.0. The van der Waals surface area contributed by atoms with Gasteiger partial charge in [-0.05, 0) is 24.3 Å². The smallest absolute Gasteiger partial charge is 0.335 e. The fraction of sp³-hybridized carbons (Fsp3) is 0. The number of carboxylic acid groups (broad SMARTS) is 1. The van der Waals surface area contributed by atoms with Crippen LogP contribution in [0, 0.1) is 0 Å². The number of carboxylic acids is 1. The Balaban J connectivity index is 1.91. The number of para-hydroxylation sites is 1. The Kier molecular flexibility index (Phi) is 3.78. The van der Waals surface area contributed by atoms with Gasteiger partial charge in [-0.3, -0.25) is 0 Å². The third-order valence-electron chi connectivity index (χ3n) is 3.01. The predicted octanol–water partition coefficient (Wildman–Crippen LogP) is 3.63. The minimum absolute atomic E-state index is 0.210. The van der Waals surface area contributed by atoms with Crippen LogP contribution in [0.1, 0.15) is 10.4 Å². The van der Waals surface area contributed by atoms with E-state index in [1.807, 2.05) is 30.3 Å². The second-order valence-electron chi connectivity index (χ2n) is 4.54. The van der Waals surface area contributed by atoms with Crippen LogP contribution in [0.3, 0.4) is 0 Å². The minimum atomic E-state index is -0.975. The van der Waals surface area contributed by atoms with Gasteiger partial charge in [-0.15, -0.1) is 0 Å². The normalized spacial score (nSPS) is 10.2. The molecule has 1 aromatic heterocycles. The summed E-state index contributed by atoms with van der Waals surface area (Å²) < 4.78 is 5.65. The molecule has 0 fully saturated rings. The Hall–Kier alpha value is -3.21. The lowest BCUT2D eigenvalue weighted by Gasteiger charge is -2.06. The summed E-state index contributed by atoms with van der Waals surface area (Å²) in [5.74, 6) is 0.0972. The fourth-order valence-electron chi connectivity index (χ4n) is 1.97. The number of benzene rings is 2. The first kappa shape index (κ1) is 13.8. The molecule has 108 valence electrons. The van der Waals surface area contributed by atoms with Crippen LogP contribution in [0.25, 0.3) is 11.3 Å². The van der Waals surface area contributed by atoms with Crippen molar-refractivity contribution in [1.29, 1.82) is 0 Å². The summed E-state index contributed by atoms with van der Waals surface area (Å²) in [4.78, 5) is 19.3. The van der Waals surface area contributed by atoms with Crippen molar-refractivity contribution in [1.82, 2.24) is 9.97 Å². The third kappa shape index (κ3) is 3.09. The van der Waals surface area contributed by atoms with Gasteiger partial charge < -0.3 is 9.84 Å². The van der Waals surface area contributed by atoms with E-state index in [-0.39, 0.29) is 5.56 Å². The van der Waals surface area contributed by atoms with Crippen molar-refractivity contribution >= 4 is 5.97 Å². The average Bonchev–Trinajstić information content (AvgIpc) is 2.56. The molecule has 0 bridgehead atoms. The molecule has 0 saturated heterocycles. The molecule has 0 saturated carbocycles. The van der Waals surface area contributed by atoms with Gasteiger partial charge in [0.15, 0.2) is 0 Å². The lowest BCUT2D eigenvalue weighted by Crippen LogP contribution is -1.96. The zero-order valence-corrected chi connectivity index (χ0v) is 11.5. The molecule has 0 aliphatic rings. The lowest BCUT2D eigenvalue weighted by molar-refractivity contribution is 0.0697. The van der Waals surface area contributed by atoms with Gasteiger partial charge in [-0.1, -0.05) is 30.3 Å². The molecule has 1 heterocycles. The Morgan fingerprint density at radius 3 is 2.55 bits per heavy atom. The number of hydrogen-bond donors (Lipinski definition) is 1. The summed E-state index contributed by atoms with van der Waals surface area (Å²) in [5.41, 5.74) is 1.51. The quantitative estimate of drug-likeness (QED) is 0.795. The van der Waals surface area contributed by atoms with Crippen LogP contribution < -0.4 is 4.74 Å². The van der Waals surface area contributed by atoms with E-state index in [1.54, 1.807) is 24.3 Å². The molecular weight excluding hydrogens is 280 g/mol. The van der Waals surface area contributed by atoms with E-state index in [9.17, 15) is 4.79 Å². The first-order valence-corrected chi connectivity index (χ1v) is 6.61. The second kappa shape index (κ2) is 6.05. The first-order chi connectivity index (χ1) is 10.7. The molecule has 0 aliphatic heterocycles. The van der Waals surface area contributed by atoms with E-state index in [2.05, 4.69) is 9.97 Å². The van der Waals surface area contributed by atoms with Crippen molar-refractivity contribution in [2.75, 3.05) is 0 Å². The highest BCUT2D eigenvalue weighted by Gasteiger charge is 2.07. The zero-order valence-electron chi connectivity index (χ0n) is 11.5. The molecule has 1 N–H and O–H groups in total. The molecule has 0 atom stereocenters. The van der Waals surface area contributed by atoms with Gasteiger partial charge in [0.25, 0.3) is 0 Å². The summed E-state index contributed by atoms with van der Waals surface area (Å²) in [6, 6.07) is 17.5. The highest BCUT2D eigenvalue weighted by molar-refractivity contribution is 5.89. The molecular formula is C17H12N2O3. The highest BCUT2D eigenvalue weighted by atomic mass is 16.5. The van der Waals surface area contributed by atoms with Crippen molar-refractivity contribution in [3.63, 3.8) is 0 Å². The first-order valence-electron chi connectivity index (χ1n) is 6.61. The van der Waals surface area contributed by atoms with E-state index < -0.39 is 5.97 Å². The molecule has 3 rings (SSSR count). The molecule has 3 aromatic rings. The third-order valence-corrected chi connectivity index (χ3v) is 3.01. The van der Waals surface area contributed by atoms with E-state index in [4.69, 9.17) is 9.84 Å². The summed E-state index contributed by atoms with van der Waals surface area (Å²) >= 11 is 0. The number of aromatic carboxylic acids is 1.